The molecular formula is C17H21N5O. The third kappa shape index (κ3) is 2.87. The Kier molecular flexibility index (Phi) is 3.63. The maximum Gasteiger partial charge on any atom is 0.141 e. The molecule has 0 amide bonds. The Balaban J connectivity index is 1.55. The third-order valence-electron chi connectivity index (χ3n) is 4.66. The molecule has 6 nitrogen and oxygen atoms in total. The summed E-state index contributed by atoms with van der Waals surface area (Å²) in [7, 11) is 0. The first-order valence-electron chi connectivity index (χ1n) is 8.03. The van der Waals surface area contributed by atoms with Gasteiger partial charge in [0, 0.05) is 37.5 Å². The van der Waals surface area contributed by atoms with Crippen LogP contribution in [0.15, 0.2) is 36.7 Å². The van der Waals surface area contributed by atoms with E-state index in [0.29, 0.717) is 12.4 Å². The molecule has 120 valence electrons. The van der Waals surface area contributed by atoms with Gasteiger partial charge in [-0.15, -0.1) is 0 Å². The van der Waals surface area contributed by atoms with Gasteiger partial charge in [0.2, 0.25) is 0 Å². The number of rotatable bonds is 3. The van der Waals surface area contributed by atoms with Crippen molar-refractivity contribution in [1.29, 1.82) is 0 Å². The zero-order valence-electron chi connectivity index (χ0n) is 13.0. The maximum atomic E-state index is 6.33. The molecule has 4 rings (SSSR count). The highest BCUT2D eigenvalue weighted by atomic mass is 16.5. The van der Waals surface area contributed by atoms with Crippen LogP contribution in [0.25, 0.3) is 0 Å². The van der Waals surface area contributed by atoms with E-state index in [-0.39, 0.29) is 11.6 Å². The highest BCUT2D eigenvalue weighted by Gasteiger charge is 2.42. The highest BCUT2D eigenvalue weighted by Crippen LogP contribution is 2.42. The SMILES string of the molecule is Nc1cnc(CNC2CC3(CCNC3)Oc3ccccc32)cn1. The van der Waals surface area contributed by atoms with Gasteiger partial charge in [-0.3, -0.25) is 4.98 Å². The Hall–Kier alpha value is -2.18. The molecule has 2 aliphatic heterocycles. The number of anilines is 1. The minimum Gasteiger partial charge on any atom is -0.485 e. The van der Waals surface area contributed by atoms with Gasteiger partial charge in [-0.05, 0) is 12.6 Å². The first-order chi connectivity index (χ1) is 11.2. The van der Waals surface area contributed by atoms with E-state index in [1.807, 2.05) is 6.07 Å². The molecule has 23 heavy (non-hydrogen) atoms. The van der Waals surface area contributed by atoms with E-state index in [1.165, 1.54) is 5.56 Å². The third-order valence-corrected chi connectivity index (χ3v) is 4.66. The summed E-state index contributed by atoms with van der Waals surface area (Å²) in [4.78, 5) is 8.41. The van der Waals surface area contributed by atoms with Crippen molar-refractivity contribution in [3.8, 4) is 5.75 Å². The van der Waals surface area contributed by atoms with Crippen molar-refractivity contribution in [2.45, 2.75) is 31.0 Å². The summed E-state index contributed by atoms with van der Waals surface area (Å²) in [6.45, 7) is 2.58. The number of hydrogen-bond donors (Lipinski definition) is 3. The molecule has 0 saturated carbocycles. The molecule has 2 atom stereocenters. The number of aromatic nitrogens is 2. The lowest BCUT2D eigenvalue weighted by atomic mass is 9.86. The Labute approximate surface area is 135 Å². The average molecular weight is 311 g/mol. The first kappa shape index (κ1) is 14.4. The van der Waals surface area contributed by atoms with Crippen LogP contribution in [-0.4, -0.2) is 28.7 Å². The lowest BCUT2D eigenvalue weighted by Gasteiger charge is -2.39. The van der Waals surface area contributed by atoms with Crippen LogP contribution in [0.2, 0.25) is 0 Å². The summed E-state index contributed by atoms with van der Waals surface area (Å²) in [5.74, 6) is 1.43. The van der Waals surface area contributed by atoms with Gasteiger partial charge >= 0.3 is 0 Å². The van der Waals surface area contributed by atoms with Crippen molar-refractivity contribution in [2.24, 2.45) is 0 Å². The highest BCUT2D eigenvalue weighted by molar-refractivity contribution is 5.39. The number of nitrogen functional groups attached to an aromatic ring is 1. The first-order valence-corrected chi connectivity index (χ1v) is 8.03. The van der Waals surface area contributed by atoms with E-state index < -0.39 is 0 Å². The van der Waals surface area contributed by atoms with Gasteiger partial charge in [0.15, 0.2) is 0 Å². The molecule has 2 aromatic rings. The van der Waals surface area contributed by atoms with Crippen LogP contribution in [0.4, 0.5) is 5.82 Å². The van der Waals surface area contributed by atoms with E-state index in [0.717, 1.165) is 37.4 Å². The molecule has 2 aliphatic rings. The molecule has 6 heteroatoms. The molecule has 1 fully saturated rings. The second-order valence-corrected chi connectivity index (χ2v) is 6.32. The van der Waals surface area contributed by atoms with Gasteiger partial charge in [-0.25, -0.2) is 4.98 Å². The smallest absolute Gasteiger partial charge is 0.141 e. The summed E-state index contributed by atoms with van der Waals surface area (Å²) in [6.07, 6.45) is 5.32. The maximum absolute atomic E-state index is 6.33. The second kappa shape index (κ2) is 5.79. The van der Waals surface area contributed by atoms with E-state index in [9.17, 15) is 0 Å². The minimum absolute atomic E-state index is 0.0984. The predicted octanol–water partition coefficient (Wildman–Crippen LogP) is 1.40. The molecular weight excluding hydrogens is 290 g/mol. The van der Waals surface area contributed by atoms with Crippen LogP contribution in [0.5, 0.6) is 5.75 Å². The van der Waals surface area contributed by atoms with Gasteiger partial charge < -0.3 is 21.1 Å². The number of ether oxygens (including phenoxy) is 1. The van der Waals surface area contributed by atoms with Crippen LogP contribution < -0.4 is 21.1 Å². The standard InChI is InChI=1S/C17H21N5O/c18-16-10-20-12(9-22-16)8-21-14-7-17(5-6-19-11-17)23-15-4-2-1-3-13(14)15/h1-4,9-10,14,19,21H,5-8,11H2,(H2,18,22). The molecule has 0 aliphatic carbocycles. The fraction of sp³-hybridized carbons (Fsp3) is 0.412. The lowest BCUT2D eigenvalue weighted by Crippen LogP contribution is -2.45. The quantitative estimate of drug-likeness (QED) is 0.794. The number of nitrogens with zero attached hydrogens (tertiary/aromatic N) is 2. The number of nitrogens with one attached hydrogen (secondary N) is 2. The van der Waals surface area contributed by atoms with Crippen molar-refractivity contribution in [1.82, 2.24) is 20.6 Å². The number of para-hydroxylation sites is 1. The van der Waals surface area contributed by atoms with Crippen LogP contribution in [0.3, 0.4) is 0 Å². The Morgan fingerprint density at radius 3 is 3.00 bits per heavy atom. The Morgan fingerprint density at radius 1 is 1.30 bits per heavy atom. The summed E-state index contributed by atoms with van der Waals surface area (Å²) >= 11 is 0. The van der Waals surface area contributed by atoms with Crippen LogP contribution in [0, 0.1) is 0 Å². The normalized spacial score (nSPS) is 26.0. The van der Waals surface area contributed by atoms with Gasteiger partial charge in [-0.1, -0.05) is 18.2 Å². The van der Waals surface area contributed by atoms with Crippen molar-refractivity contribution in [2.75, 3.05) is 18.8 Å². The Bertz CT molecular complexity index is 682. The van der Waals surface area contributed by atoms with Crippen molar-refractivity contribution in [3.63, 3.8) is 0 Å². The van der Waals surface area contributed by atoms with Gasteiger partial charge in [-0.2, -0.15) is 0 Å². The van der Waals surface area contributed by atoms with Crippen LogP contribution >= 0.6 is 0 Å². The molecule has 1 aromatic heterocycles. The molecule has 0 radical (unpaired) electrons. The second-order valence-electron chi connectivity index (χ2n) is 6.32. The molecule has 1 spiro atoms. The number of benzene rings is 1. The van der Waals surface area contributed by atoms with Crippen molar-refractivity contribution < 1.29 is 4.74 Å². The molecule has 1 saturated heterocycles. The summed E-state index contributed by atoms with van der Waals surface area (Å²) in [5.41, 5.74) is 7.60. The minimum atomic E-state index is -0.0984. The number of fused-ring (bicyclic) bond motifs is 1. The number of hydrogen-bond acceptors (Lipinski definition) is 6. The molecule has 0 bridgehead atoms. The van der Waals surface area contributed by atoms with E-state index >= 15 is 0 Å². The largest absolute Gasteiger partial charge is 0.485 e. The lowest BCUT2D eigenvalue weighted by molar-refractivity contribution is 0.0487. The zero-order valence-corrected chi connectivity index (χ0v) is 13.0. The summed E-state index contributed by atoms with van der Waals surface area (Å²) in [6, 6.07) is 8.54. The van der Waals surface area contributed by atoms with Crippen molar-refractivity contribution in [3.05, 3.63) is 47.9 Å². The summed E-state index contributed by atoms with van der Waals surface area (Å²) in [5, 5.41) is 7.04. The average Bonchev–Trinajstić information content (AvgIpc) is 3.01. The van der Waals surface area contributed by atoms with Gasteiger partial charge in [0.25, 0.3) is 0 Å². The molecule has 3 heterocycles. The van der Waals surface area contributed by atoms with Crippen LogP contribution in [-0.2, 0) is 6.54 Å². The van der Waals surface area contributed by atoms with E-state index in [1.54, 1.807) is 12.4 Å². The van der Waals surface area contributed by atoms with Crippen LogP contribution in [0.1, 0.15) is 30.1 Å². The van der Waals surface area contributed by atoms with Gasteiger partial charge in [0.05, 0.1) is 18.1 Å². The van der Waals surface area contributed by atoms with Crippen molar-refractivity contribution >= 4 is 5.82 Å². The molecule has 1 aromatic carbocycles. The molecule has 4 N–H and O–H groups in total. The monoisotopic (exact) mass is 311 g/mol. The molecule has 2 unspecified atom stereocenters. The predicted molar refractivity (Wildman–Crippen MR) is 87.9 cm³/mol. The topological polar surface area (TPSA) is 85.1 Å². The van der Waals surface area contributed by atoms with Gasteiger partial charge in [0.1, 0.15) is 17.2 Å². The zero-order chi connectivity index (χ0) is 15.7. The fourth-order valence-corrected chi connectivity index (χ4v) is 3.47. The number of nitrogens with two attached hydrogens (primary N) is 1. The summed E-state index contributed by atoms with van der Waals surface area (Å²) < 4.78 is 6.33. The van der Waals surface area contributed by atoms with E-state index in [2.05, 4.69) is 38.8 Å². The van der Waals surface area contributed by atoms with E-state index in [4.69, 9.17) is 10.5 Å². The fourth-order valence-electron chi connectivity index (χ4n) is 3.47. The Morgan fingerprint density at radius 2 is 2.22 bits per heavy atom.